The van der Waals surface area contributed by atoms with E-state index in [1.807, 2.05) is 0 Å². The van der Waals surface area contributed by atoms with Gasteiger partial charge in [0.1, 0.15) is 17.5 Å². The Balaban J connectivity index is 2.17. The molecular formula is C26H45N7O6. The maximum Gasteiger partial charge on any atom is 0.243 e. The fourth-order valence-electron chi connectivity index (χ4n) is 3.63. The van der Waals surface area contributed by atoms with Crippen molar-refractivity contribution in [3.05, 3.63) is 23.8 Å². The number of nitrogens with two attached hydrogens (primary N) is 2. The zero-order valence-electron chi connectivity index (χ0n) is 22.6. The van der Waals surface area contributed by atoms with Crippen molar-refractivity contribution < 1.29 is 29.4 Å². The molecule has 0 unspecified atom stereocenters. The Hall–Kier alpha value is -3.42. The van der Waals surface area contributed by atoms with Crippen LogP contribution >= 0.6 is 0 Å². The lowest BCUT2D eigenvalue weighted by molar-refractivity contribution is -0.131. The van der Waals surface area contributed by atoms with Gasteiger partial charge in [-0.25, -0.2) is 0 Å². The van der Waals surface area contributed by atoms with E-state index in [1.54, 1.807) is 0 Å². The second-order valence-electron chi connectivity index (χ2n) is 9.23. The maximum atomic E-state index is 12.5. The number of rotatable bonds is 22. The molecule has 220 valence electrons. The van der Waals surface area contributed by atoms with Crippen LogP contribution in [-0.2, 0) is 25.6 Å². The first-order chi connectivity index (χ1) is 18.7. The Kier molecular flexibility index (Phi) is 17.7. The second kappa shape index (κ2) is 20.5. The third-order valence-electron chi connectivity index (χ3n) is 5.75. The molecule has 0 aromatic heterocycles. The average Bonchev–Trinajstić information content (AvgIpc) is 2.88. The van der Waals surface area contributed by atoms with Crippen molar-refractivity contribution in [3.63, 3.8) is 0 Å². The summed E-state index contributed by atoms with van der Waals surface area (Å²) in [5, 5.41) is 33.8. The van der Waals surface area contributed by atoms with E-state index >= 15 is 0 Å². The first kappa shape index (κ1) is 33.6. The topological polar surface area (TPSA) is 221 Å². The van der Waals surface area contributed by atoms with Gasteiger partial charge >= 0.3 is 0 Å². The minimum absolute atomic E-state index is 0.0115. The van der Waals surface area contributed by atoms with Gasteiger partial charge in [-0.15, -0.1) is 0 Å². The van der Waals surface area contributed by atoms with Gasteiger partial charge in [-0.2, -0.15) is 0 Å². The highest BCUT2D eigenvalue weighted by atomic mass is 16.3. The third-order valence-corrected chi connectivity index (χ3v) is 5.75. The molecule has 0 fully saturated rings. The molecule has 1 aromatic rings. The fourth-order valence-corrected chi connectivity index (χ4v) is 3.63. The van der Waals surface area contributed by atoms with Crippen molar-refractivity contribution in [2.45, 2.75) is 57.4 Å². The summed E-state index contributed by atoms with van der Waals surface area (Å²) in [4.78, 5) is 48.1. The third kappa shape index (κ3) is 16.9. The first-order valence-electron chi connectivity index (χ1n) is 13.5. The SMILES string of the molecule is NCCCNCCCNCCC(=O)NCCCCCNC(=O)[C@H](CC(N)=O)NC(=O)Cc1ccc(O)cc1O. The van der Waals surface area contributed by atoms with E-state index in [-0.39, 0.29) is 35.8 Å². The monoisotopic (exact) mass is 551 g/mol. The maximum absolute atomic E-state index is 12.5. The van der Waals surface area contributed by atoms with Crippen molar-refractivity contribution >= 4 is 23.6 Å². The number of phenolic OH excluding ortho intramolecular Hbond substituents is 2. The molecule has 13 nitrogen and oxygen atoms in total. The van der Waals surface area contributed by atoms with Crippen LogP contribution in [0.15, 0.2) is 18.2 Å². The number of carbonyl (C=O) groups is 4. The molecule has 0 saturated heterocycles. The number of hydrogen-bond donors (Lipinski definition) is 9. The highest BCUT2D eigenvalue weighted by Crippen LogP contribution is 2.22. The van der Waals surface area contributed by atoms with Gasteiger partial charge in [-0.3, -0.25) is 19.2 Å². The molecule has 1 rings (SSSR count). The van der Waals surface area contributed by atoms with E-state index in [0.29, 0.717) is 39.0 Å². The summed E-state index contributed by atoms with van der Waals surface area (Å²) >= 11 is 0. The molecule has 0 spiro atoms. The molecule has 0 heterocycles. The van der Waals surface area contributed by atoms with Gasteiger partial charge in [-0.1, -0.05) is 6.07 Å². The molecule has 0 bridgehead atoms. The van der Waals surface area contributed by atoms with E-state index in [4.69, 9.17) is 11.5 Å². The van der Waals surface area contributed by atoms with Crippen molar-refractivity contribution in [1.29, 1.82) is 0 Å². The number of hydrogen-bond acceptors (Lipinski definition) is 9. The van der Waals surface area contributed by atoms with E-state index in [1.165, 1.54) is 12.1 Å². The molecule has 1 aromatic carbocycles. The molecule has 0 aliphatic heterocycles. The van der Waals surface area contributed by atoms with Gasteiger partial charge < -0.3 is 48.3 Å². The van der Waals surface area contributed by atoms with Gasteiger partial charge in [0.15, 0.2) is 0 Å². The lowest BCUT2D eigenvalue weighted by Crippen LogP contribution is -2.49. The van der Waals surface area contributed by atoms with Crippen LogP contribution in [0.4, 0.5) is 0 Å². The number of phenols is 2. The molecule has 0 radical (unpaired) electrons. The smallest absolute Gasteiger partial charge is 0.243 e. The molecule has 1 atom stereocenters. The Morgan fingerprint density at radius 1 is 0.795 bits per heavy atom. The lowest BCUT2D eigenvalue weighted by atomic mass is 10.1. The zero-order chi connectivity index (χ0) is 28.9. The van der Waals surface area contributed by atoms with Crippen LogP contribution in [0.25, 0.3) is 0 Å². The van der Waals surface area contributed by atoms with Crippen LogP contribution in [0.3, 0.4) is 0 Å². The standard InChI is InChI=1S/C26H45N7O6/c27-9-4-10-29-11-5-12-30-15-8-24(37)31-13-2-1-3-14-32-26(39)21(18-23(28)36)33-25(38)16-19-6-7-20(34)17-22(19)35/h6-7,17,21,29-30,34-35H,1-5,8-16,18,27H2,(H2,28,36)(H,31,37)(H,32,39)(H,33,38)/t21-/m0/s1. The Morgan fingerprint density at radius 2 is 1.46 bits per heavy atom. The molecule has 13 heteroatoms. The first-order valence-corrected chi connectivity index (χ1v) is 13.5. The Bertz CT molecular complexity index is 900. The molecule has 0 saturated carbocycles. The van der Waals surface area contributed by atoms with Crippen molar-refractivity contribution in [1.82, 2.24) is 26.6 Å². The van der Waals surface area contributed by atoms with E-state index in [0.717, 1.165) is 51.4 Å². The van der Waals surface area contributed by atoms with Gasteiger partial charge in [0.2, 0.25) is 23.6 Å². The van der Waals surface area contributed by atoms with Crippen LogP contribution in [0.5, 0.6) is 11.5 Å². The number of aromatic hydroxyl groups is 2. The summed E-state index contributed by atoms with van der Waals surface area (Å²) < 4.78 is 0. The summed E-state index contributed by atoms with van der Waals surface area (Å²) in [6.45, 7) is 4.89. The quantitative estimate of drug-likeness (QED) is 0.0781. The van der Waals surface area contributed by atoms with Gasteiger partial charge in [0.05, 0.1) is 12.8 Å². The summed E-state index contributed by atoms with van der Waals surface area (Å²) in [6.07, 6.45) is 3.93. The largest absolute Gasteiger partial charge is 0.508 e. The summed E-state index contributed by atoms with van der Waals surface area (Å²) in [5.41, 5.74) is 10.9. The van der Waals surface area contributed by atoms with Crippen LogP contribution in [0, 0.1) is 0 Å². The molecule has 39 heavy (non-hydrogen) atoms. The highest BCUT2D eigenvalue weighted by molar-refractivity contribution is 5.92. The highest BCUT2D eigenvalue weighted by Gasteiger charge is 2.23. The normalized spacial score (nSPS) is 11.5. The fraction of sp³-hybridized carbons (Fsp3) is 0.615. The minimum atomic E-state index is -1.14. The molecule has 0 aliphatic carbocycles. The van der Waals surface area contributed by atoms with Crippen LogP contribution in [-0.4, -0.2) is 85.7 Å². The number of carbonyl (C=O) groups excluding carboxylic acids is 4. The van der Waals surface area contributed by atoms with Crippen LogP contribution < -0.4 is 38.1 Å². The van der Waals surface area contributed by atoms with Gasteiger partial charge in [0, 0.05) is 37.7 Å². The predicted octanol–water partition coefficient (Wildman–Crippen LogP) is -1.29. The summed E-state index contributed by atoms with van der Waals surface area (Å²) in [7, 11) is 0. The number of amides is 4. The van der Waals surface area contributed by atoms with Crippen LogP contribution in [0.1, 0.15) is 50.5 Å². The molecule has 4 amide bonds. The number of unbranched alkanes of at least 4 members (excludes halogenated alkanes) is 2. The minimum Gasteiger partial charge on any atom is -0.508 e. The number of nitrogens with one attached hydrogen (secondary N) is 5. The summed E-state index contributed by atoms with van der Waals surface area (Å²) in [6, 6.07) is 2.67. The number of primary amides is 1. The van der Waals surface area contributed by atoms with Crippen LogP contribution in [0.2, 0.25) is 0 Å². The Morgan fingerprint density at radius 3 is 2.13 bits per heavy atom. The molecule has 11 N–H and O–H groups in total. The second-order valence-corrected chi connectivity index (χ2v) is 9.23. The van der Waals surface area contributed by atoms with Crippen molar-refractivity contribution in [2.24, 2.45) is 11.5 Å². The van der Waals surface area contributed by atoms with E-state index in [2.05, 4.69) is 26.6 Å². The van der Waals surface area contributed by atoms with Crippen molar-refractivity contribution in [2.75, 3.05) is 45.8 Å². The van der Waals surface area contributed by atoms with E-state index in [9.17, 15) is 29.4 Å². The predicted molar refractivity (Wildman–Crippen MR) is 148 cm³/mol. The lowest BCUT2D eigenvalue weighted by Gasteiger charge is -2.17. The molecule has 0 aliphatic rings. The van der Waals surface area contributed by atoms with Crippen molar-refractivity contribution in [3.8, 4) is 11.5 Å². The molecular weight excluding hydrogens is 506 g/mol. The Labute approximate surface area is 229 Å². The van der Waals surface area contributed by atoms with E-state index < -0.39 is 23.8 Å². The zero-order valence-corrected chi connectivity index (χ0v) is 22.6. The average molecular weight is 552 g/mol. The van der Waals surface area contributed by atoms with Gasteiger partial charge in [0.25, 0.3) is 0 Å². The number of benzene rings is 1. The summed E-state index contributed by atoms with van der Waals surface area (Å²) in [5.74, 6) is -2.28. The van der Waals surface area contributed by atoms with Gasteiger partial charge in [-0.05, 0) is 64.3 Å².